The molecule has 2 nitrogen and oxygen atoms in total. The molecule has 1 aromatic heterocycles. The van der Waals surface area contributed by atoms with Crippen molar-refractivity contribution in [1.29, 1.82) is 0 Å². The zero-order chi connectivity index (χ0) is 21.0. The largest absolute Gasteiger partial charge is 0.372 e. The van der Waals surface area contributed by atoms with E-state index in [9.17, 15) is 0 Å². The third-order valence-electron chi connectivity index (χ3n) is 6.34. The summed E-state index contributed by atoms with van der Waals surface area (Å²) in [5.74, 6) is 0. The second kappa shape index (κ2) is 8.82. The minimum absolute atomic E-state index is 0.211. The standard InChI is InChI=1S/C27H35N2/c1-7-27(4,5)23-14-19-26-22(20-23)13-18-24(28(26)6)15-10-21-11-16-25(17-12-21)29(8-2)9-3/h10-20H,7-9H2,1-6H3/q+1. The minimum atomic E-state index is 0.211. The van der Waals surface area contributed by atoms with Crippen LogP contribution in [0.25, 0.3) is 23.1 Å². The van der Waals surface area contributed by atoms with E-state index in [0.29, 0.717) is 0 Å². The first-order valence-corrected chi connectivity index (χ1v) is 10.9. The second-order valence-electron chi connectivity index (χ2n) is 8.43. The molecule has 0 aliphatic rings. The molecule has 0 saturated heterocycles. The molecule has 0 spiro atoms. The normalized spacial score (nSPS) is 12.1. The zero-order valence-electron chi connectivity index (χ0n) is 18.9. The van der Waals surface area contributed by atoms with Crippen LogP contribution in [0.1, 0.15) is 57.9 Å². The Balaban J connectivity index is 1.86. The Morgan fingerprint density at radius 1 is 0.862 bits per heavy atom. The van der Waals surface area contributed by atoms with Crippen molar-refractivity contribution >= 4 is 28.7 Å². The van der Waals surface area contributed by atoms with Crippen LogP contribution in [0.4, 0.5) is 5.69 Å². The van der Waals surface area contributed by atoms with Crippen molar-refractivity contribution in [1.82, 2.24) is 0 Å². The Hall–Kier alpha value is -2.61. The monoisotopic (exact) mass is 387 g/mol. The number of aryl methyl sites for hydroxylation is 1. The summed E-state index contributed by atoms with van der Waals surface area (Å²) < 4.78 is 2.28. The highest BCUT2D eigenvalue weighted by atomic mass is 15.1. The maximum atomic E-state index is 2.37. The van der Waals surface area contributed by atoms with Gasteiger partial charge >= 0.3 is 0 Å². The molecule has 0 N–H and O–H groups in total. The highest BCUT2D eigenvalue weighted by Gasteiger charge is 2.20. The van der Waals surface area contributed by atoms with Gasteiger partial charge in [-0.05, 0) is 67.2 Å². The van der Waals surface area contributed by atoms with Gasteiger partial charge in [0.15, 0.2) is 0 Å². The van der Waals surface area contributed by atoms with Gasteiger partial charge < -0.3 is 4.90 Å². The third kappa shape index (κ3) is 4.53. The zero-order valence-corrected chi connectivity index (χ0v) is 18.9. The van der Waals surface area contributed by atoms with Crippen LogP contribution in [0.15, 0.2) is 54.6 Å². The summed E-state index contributed by atoms with van der Waals surface area (Å²) in [6.45, 7) is 13.4. The number of nitrogens with zero attached hydrogens (tertiary/aromatic N) is 2. The van der Waals surface area contributed by atoms with E-state index in [-0.39, 0.29) is 5.41 Å². The van der Waals surface area contributed by atoms with Crippen LogP contribution < -0.4 is 9.47 Å². The summed E-state index contributed by atoms with van der Waals surface area (Å²) in [6.07, 6.45) is 5.54. The molecule has 29 heavy (non-hydrogen) atoms. The molecule has 2 aromatic carbocycles. The molecule has 2 heteroatoms. The number of aromatic nitrogens is 1. The topological polar surface area (TPSA) is 7.12 Å². The van der Waals surface area contributed by atoms with E-state index in [1.807, 2.05) is 0 Å². The molecular formula is C27H35N2+. The van der Waals surface area contributed by atoms with Crippen LogP contribution in [0.3, 0.4) is 0 Å². The third-order valence-corrected chi connectivity index (χ3v) is 6.34. The number of anilines is 1. The van der Waals surface area contributed by atoms with Crippen molar-refractivity contribution in [3.63, 3.8) is 0 Å². The van der Waals surface area contributed by atoms with E-state index >= 15 is 0 Å². The average molecular weight is 388 g/mol. The molecule has 0 atom stereocenters. The second-order valence-corrected chi connectivity index (χ2v) is 8.43. The molecule has 3 rings (SSSR count). The minimum Gasteiger partial charge on any atom is -0.372 e. The summed E-state index contributed by atoms with van der Waals surface area (Å²) in [5.41, 5.74) is 6.59. The van der Waals surface area contributed by atoms with Crippen molar-refractivity contribution in [3.05, 3.63) is 71.4 Å². The number of rotatable bonds is 7. The quantitative estimate of drug-likeness (QED) is 0.427. The summed E-state index contributed by atoms with van der Waals surface area (Å²) in [5, 5.41) is 1.30. The number of hydrogen-bond donors (Lipinski definition) is 0. The highest BCUT2D eigenvalue weighted by molar-refractivity contribution is 5.78. The van der Waals surface area contributed by atoms with Gasteiger partial charge in [0, 0.05) is 42.4 Å². The van der Waals surface area contributed by atoms with Crippen LogP contribution in [0.2, 0.25) is 0 Å². The maximum Gasteiger partial charge on any atom is 0.212 e. The van der Waals surface area contributed by atoms with Crippen LogP contribution in [0.5, 0.6) is 0 Å². The lowest BCUT2D eigenvalue weighted by Gasteiger charge is -2.23. The van der Waals surface area contributed by atoms with Gasteiger partial charge in [-0.3, -0.25) is 0 Å². The van der Waals surface area contributed by atoms with Gasteiger partial charge in [0.25, 0.3) is 0 Å². The molecule has 0 amide bonds. The molecular weight excluding hydrogens is 352 g/mol. The number of benzene rings is 2. The lowest BCUT2D eigenvalue weighted by Crippen LogP contribution is -2.32. The number of fused-ring (bicyclic) bond motifs is 1. The lowest BCUT2D eigenvalue weighted by molar-refractivity contribution is -0.646. The fourth-order valence-electron chi connectivity index (χ4n) is 3.78. The van der Waals surface area contributed by atoms with E-state index in [1.165, 1.54) is 33.4 Å². The Morgan fingerprint density at radius 2 is 1.55 bits per heavy atom. The van der Waals surface area contributed by atoms with Gasteiger partial charge in [0.05, 0.1) is 0 Å². The summed E-state index contributed by atoms with van der Waals surface area (Å²) >= 11 is 0. The van der Waals surface area contributed by atoms with Crippen LogP contribution in [-0.2, 0) is 12.5 Å². The van der Waals surface area contributed by atoms with Crippen molar-refractivity contribution in [3.8, 4) is 0 Å². The van der Waals surface area contributed by atoms with Crippen LogP contribution in [0, 0.1) is 0 Å². The SMILES string of the molecule is CCN(CC)c1ccc(/C=C/c2ccc3cc(C(C)(C)CC)ccc3[n+]2C)cc1. The molecule has 1 heterocycles. The molecule has 0 unspecified atom stereocenters. The van der Waals surface area contributed by atoms with Crippen molar-refractivity contribution in [2.45, 2.75) is 46.5 Å². The van der Waals surface area contributed by atoms with Crippen LogP contribution >= 0.6 is 0 Å². The lowest BCUT2D eigenvalue weighted by atomic mass is 9.82. The van der Waals surface area contributed by atoms with E-state index in [1.54, 1.807) is 0 Å². The molecule has 0 aliphatic heterocycles. The van der Waals surface area contributed by atoms with Crippen molar-refractivity contribution < 1.29 is 4.57 Å². The first-order chi connectivity index (χ1) is 13.9. The predicted octanol–water partition coefficient (Wildman–Crippen LogP) is 6.37. The van der Waals surface area contributed by atoms with E-state index < -0.39 is 0 Å². The number of pyridine rings is 1. The smallest absolute Gasteiger partial charge is 0.212 e. The molecule has 0 aliphatic carbocycles. The number of hydrogen-bond acceptors (Lipinski definition) is 1. The van der Waals surface area contributed by atoms with E-state index in [0.717, 1.165) is 19.5 Å². The predicted molar refractivity (Wildman–Crippen MR) is 127 cm³/mol. The van der Waals surface area contributed by atoms with Gasteiger partial charge in [-0.15, -0.1) is 0 Å². The maximum absolute atomic E-state index is 2.37. The first-order valence-electron chi connectivity index (χ1n) is 10.9. The van der Waals surface area contributed by atoms with Crippen molar-refractivity contribution in [2.24, 2.45) is 7.05 Å². The summed E-state index contributed by atoms with van der Waals surface area (Å²) in [7, 11) is 2.15. The van der Waals surface area contributed by atoms with Gasteiger partial charge in [-0.25, -0.2) is 0 Å². The Labute approximate surface area is 176 Å². The molecule has 0 fully saturated rings. The molecule has 3 aromatic rings. The van der Waals surface area contributed by atoms with Gasteiger partial charge in [0.1, 0.15) is 7.05 Å². The van der Waals surface area contributed by atoms with E-state index in [2.05, 4.69) is 118 Å². The Kier molecular flexibility index (Phi) is 6.42. The van der Waals surface area contributed by atoms with Crippen LogP contribution in [-0.4, -0.2) is 13.1 Å². The van der Waals surface area contributed by atoms with Gasteiger partial charge in [0.2, 0.25) is 11.2 Å². The van der Waals surface area contributed by atoms with E-state index in [4.69, 9.17) is 0 Å². The summed E-state index contributed by atoms with van der Waals surface area (Å²) in [6, 6.07) is 20.2. The molecule has 0 radical (unpaired) electrons. The fourth-order valence-corrected chi connectivity index (χ4v) is 3.78. The van der Waals surface area contributed by atoms with Crippen molar-refractivity contribution in [2.75, 3.05) is 18.0 Å². The first kappa shape index (κ1) is 21.1. The molecule has 0 bridgehead atoms. The highest BCUT2D eigenvalue weighted by Crippen LogP contribution is 2.28. The molecule has 0 saturated carbocycles. The fraction of sp³-hybridized carbons (Fsp3) is 0.370. The Morgan fingerprint density at radius 3 is 2.17 bits per heavy atom. The molecule has 152 valence electrons. The average Bonchev–Trinajstić information content (AvgIpc) is 2.75. The Bertz CT molecular complexity index is 993. The van der Waals surface area contributed by atoms with Gasteiger partial charge in [-0.2, -0.15) is 4.57 Å². The van der Waals surface area contributed by atoms with Gasteiger partial charge in [-0.1, -0.05) is 39.0 Å². The summed E-state index contributed by atoms with van der Waals surface area (Å²) in [4.78, 5) is 2.37.